The van der Waals surface area contributed by atoms with Crippen LogP contribution in [0.3, 0.4) is 0 Å². The fourth-order valence-electron chi connectivity index (χ4n) is 4.06. The van der Waals surface area contributed by atoms with Gasteiger partial charge in [0.15, 0.2) is 5.72 Å². The van der Waals surface area contributed by atoms with Gasteiger partial charge in [-0.1, -0.05) is 30.3 Å². The molecule has 4 unspecified atom stereocenters. The van der Waals surface area contributed by atoms with E-state index in [0.717, 1.165) is 11.8 Å². The van der Waals surface area contributed by atoms with Crippen LogP contribution in [0.25, 0.3) is 0 Å². The van der Waals surface area contributed by atoms with Crippen LogP contribution in [0.1, 0.15) is 44.2 Å². The van der Waals surface area contributed by atoms with Gasteiger partial charge in [0.2, 0.25) is 0 Å². The molecular formula is C15H19NO. The van der Waals surface area contributed by atoms with E-state index in [0.29, 0.717) is 6.04 Å². The van der Waals surface area contributed by atoms with Crippen LogP contribution in [0.5, 0.6) is 0 Å². The molecule has 2 heteroatoms. The van der Waals surface area contributed by atoms with Crippen LogP contribution in [0, 0.1) is 11.8 Å². The summed E-state index contributed by atoms with van der Waals surface area (Å²) in [6.45, 7) is 2.26. The molecule has 1 aromatic rings. The van der Waals surface area contributed by atoms with Gasteiger partial charge in [-0.05, 0) is 44.1 Å². The molecule has 2 saturated carbocycles. The van der Waals surface area contributed by atoms with Crippen LogP contribution in [0.2, 0.25) is 0 Å². The zero-order valence-corrected chi connectivity index (χ0v) is 10.3. The third kappa shape index (κ3) is 1.34. The molecule has 2 bridgehead atoms. The molecule has 0 radical (unpaired) electrons. The minimum Gasteiger partial charge on any atom is -0.271 e. The van der Waals surface area contributed by atoms with E-state index in [2.05, 4.69) is 42.3 Å². The van der Waals surface area contributed by atoms with Crippen molar-refractivity contribution in [3.05, 3.63) is 35.9 Å². The minimum absolute atomic E-state index is 0.137. The van der Waals surface area contributed by atoms with Gasteiger partial charge in [0.1, 0.15) is 0 Å². The van der Waals surface area contributed by atoms with Crippen LogP contribution >= 0.6 is 0 Å². The average Bonchev–Trinajstić information content (AvgIpc) is 2.74. The summed E-state index contributed by atoms with van der Waals surface area (Å²) in [6.07, 6.45) is 5.48. The standard InChI is InChI=1S/C15H19NO/c1-11(13-5-3-2-4-6-13)16-15(17-16)10-12-7-8-14(15)9-12/h2-6,11-12,14H,7-10H2,1H3/t11-,12?,14?,15?,16?/m1/s1. The quantitative estimate of drug-likeness (QED) is 0.721. The number of nitrogens with zero attached hydrogens (tertiary/aromatic N) is 1. The van der Waals surface area contributed by atoms with E-state index in [-0.39, 0.29) is 5.72 Å². The number of benzene rings is 1. The van der Waals surface area contributed by atoms with E-state index in [9.17, 15) is 0 Å². The number of hydrogen-bond acceptors (Lipinski definition) is 2. The van der Waals surface area contributed by atoms with E-state index in [4.69, 9.17) is 4.84 Å². The van der Waals surface area contributed by atoms with Crippen molar-refractivity contribution in [1.29, 1.82) is 0 Å². The zero-order chi connectivity index (χ0) is 11.5. The van der Waals surface area contributed by atoms with Gasteiger partial charge in [0.05, 0.1) is 6.04 Å². The maximum Gasteiger partial charge on any atom is 0.168 e. The number of fused-ring (bicyclic) bond motifs is 3. The molecule has 17 heavy (non-hydrogen) atoms. The monoisotopic (exact) mass is 229 g/mol. The predicted molar refractivity (Wildman–Crippen MR) is 66.0 cm³/mol. The first-order valence-corrected chi connectivity index (χ1v) is 6.83. The van der Waals surface area contributed by atoms with Crippen LogP contribution in [0.4, 0.5) is 0 Å². The Morgan fingerprint density at radius 3 is 2.76 bits per heavy atom. The summed E-state index contributed by atoms with van der Waals surface area (Å²) in [4.78, 5) is 6.05. The van der Waals surface area contributed by atoms with Crippen LogP contribution in [-0.2, 0) is 4.84 Å². The largest absolute Gasteiger partial charge is 0.271 e. The van der Waals surface area contributed by atoms with Crippen LogP contribution in [-0.4, -0.2) is 10.8 Å². The molecule has 90 valence electrons. The molecule has 0 N–H and O–H groups in total. The molecule has 0 aromatic heterocycles. The Balaban J connectivity index is 1.55. The molecule has 3 aliphatic rings. The summed E-state index contributed by atoms with van der Waals surface area (Å²) in [6, 6.07) is 11.1. The van der Waals surface area contributed by atoms with E-state index in [1.807, 2.05) is 0 Å². The lowest BCUT2D eigenvalue weighted by Crippen LogP contribution is -2.27. The molecule has 2 nitrogen and oxygen atoms in total. The highest BCUT2D eigenvalue weighted by atomic mass is 16.9. The molecule has 1 heterocycles. The fraction of sp³-hybridized carbons (Fsp3) is 0.600. The topological polar surface area (TPSA) is 15.5 Å². The maximum atomic E-state index is 6.05. The average molecular weight is 229 g/mol. The Morgan fingerprint density at radius 2 is 2.12 bits per heavy atom. The Bertz CT molecular complexity index is 432. The van der Waals surface area contributed by atoms with Crippen molar-refractivity contribution >= 4 is 0 Å². The SMILES string of the molecule is C[C@H](c1ccccc1)N1OC12CC1CCC2C1. The maximum absolute atomic E-state index is 6.05. The van der Waals surface area contributed by atoms with Crippen molar-refractivity contribution in [2.75, 3.05) is 0 Å². The van der Waals surface area contributed by atoms with Crippen molar-refractivity contribution < 1.29 is 4.84 Å². The van der Waals surface area contributed by atoms with E-state index < -0.39 is 0 Å². The Hall–Kier alpha value is -0.860. The van der Waals surface area contributed by atoms with Crippen molar-refractivity contribution in [3.8, 4) is 0 Å². The smallest absolute Gasteiger partial charge is 0.168 e. The third-order valence-electron chi connectivity index (χ3n) is 4.99. The Kier molecular flexibility index (Phi) is 1.98. The second-order valence-corrected chi connectivity index (χ2v) is 5.93. The first-order chi connectivity index (χ1) is 8.29. The second kappa shape index (κ2) is 3.33. The summed E-state index contributed by atoms with van der Waals surface area (Å²) in [5.74, 6) is 1.74. The molecule has 1 saturated heterocycles. The van der Waals surface area contributed by atoms with Crippen molar-refractivity contribution in [3.63, 3.8) is 0 Å². The lowest BCUT2D eigenvalue weighted by Gasteiger charge is -2.20. The van der Waals surface area contributed by atoms with Crippen molar-refractivity contribution in [1.82, 2.24) is 5.06 Å². The first kappa shape index (κ1) is 10.1. The van der Waals surface area contributed by atoms with Crippen LogP contribution < -0.4 is 0 Å². The predicted octanol–water partition coefficient (Wildman–Crippen LogP) is 3.51. The minimum atomic E-state index is 0.137. The van der Waals surface area contributed by atoms with Gasteiger partial charge >= 0.3 is 0 Å². The third-order valence-corrected chi connectivity index (χ3v) is 4.99. The molecule has 4 rings (SSSR count). The number of hydrogen-bond donors (Lipinski definition) is 0. The van der Waals surface area contributed by atoms with E-state index in [1.165, 1.54) is 31.2 Å². The lowest BCUT2D eigenvalue weighted by molar-refractivity contribution is 0.150. The molecule has 5 atom stereocenters. The second-order valence-electron chi connectivity index (χ2n) is 5.93. The van der Waals surface area contributed by atoms with Gasteiger partial charge in [-0.3, -0.25) is 4.84 Å². The van der Waals surface area contributed by atoms with Crippen molar-refractivity contribution in [2.24, 2.45) is 11.8 Å². The molecule has 0 amide bonds. The molecule has 1 aromatic carbocycles. The van der Waals surface area contributed by atoms with Gasteiger partial charge in [-0.15, -0.1) is 5.06 Å². The van der Waals surface area contributed by atoms with Gasteiger partial charge < -0.3 is 0 Å². The molecule has 3 fully saturated rings. The van der Waals surface area contributed by atoms with Gasteiger partial charge in [-0.2, -0.15) is 0 Å². The fourth-order valence-corrected chi connectivity index (χ4v) is 4.06. The normalized spacial score (nSPS) is 44.2. The zero-order valence-electron chi connectivity index (χ0n) is 10.3. The summed E-state index contributed by atoms with van der Waals surface area (Å²) in [7, 11) is 0. The molecule has 2 aliphatic carbocycles. The lowest BCUT2D eigenvalue weighted by atomic mass is 9.92. The molecule has 1 spiro atoms. The highest BCUT2D eigenvalue weighted by Gasteiger charge is 2.68. The van der Waals surface area contributed by atoms with E-state index >= 15 is 0 Å². The van der Waals surface area contributed by atoms with E-state index in [1.54, 1.807) is 0 Å². The summed E-state index contributed by atoms with van der Waals surface area (Å²) in [5, 5.41) is 2.27. The van der Waals surface area contributed by atoms with Gasteiger partial charge in [-0.25, -0.2) is 0 Å². The number of rotatable bonds is 2. The van der Waals surface area contributed by atoms with Crippen molar-refractivity contribution in [2.45, 2.75) is 44.4 Å². The number of hydroxylamine groups is 2. The van der Waals surface area contributed by atoms with Gasteiger partial charge in [0, 0.05) is 5.92 Å². The molecule has 1 aliphatic heterocycles. The summed E-state index contributed by atoms with van der Waals surface area (Å²) < 4.78 is 0. The molecular weight excluding hydrogens is 210 g/mol. The summed E-state index contributed by atoms with van der Waals surface area (Å²) >= 11 is 0. The Morgan fingerprint density at radius 1 is 1.29 bits per heavy atom. The Labute approximate surface area is 103 Å². The van der Waals surface area contributed by atoms with Gasteiger partial charge in [0.25, 0.3) is 0 Å². The highest BCUT2D eigenvalue weighted by Crippen LogP contribution is 2.63. The van der Waals surface area contributed by atoms with Crippen LogP contribution in [0.15, 0.2) is 30.3 Å². The first-order valence-electron chi connectivity index (χ1n) is 6.83. The highest BCUT2D eigenvalue weighted by molar-refractivity contribution is 5.20. The summed E-state index contributed by atoms with van der Waals surface area (Å²) in [5.41, 5.74) is 1.50.